The average molecular weight is 179 g/mol. The van der Waals surface area contributed by atoms with Crippen molar-refractivity contribution in [3.63, 3.8) is 0 Å². The quantitative estimate of drug-likeness (QED) is 0.674. The van der Waals surface area contributed by atoms with E-state index in [1.54, 1.807) is 6.33 Å². The van der Waals surface area contributed by atoms with E-state index < -0.39 is 0 Å². The third-order valence-electron chi connectivity index (χ3n) is 2.21. The van der Waals surface area contributed by atoms with E-state index in [4.69, 9.17) is 0 Å². The molecule has 0 bridgehead atoms. The van der Waals surface area contributed by atoms with Crippen molar-refractivity contribution in [2.24, 2.45) is 0 Å². The zero-order chi connectivity index (χ0) is 9.42. The molecule has 13 heavy (non-hydrogen) atoms. The lowest BCUT2D eigenvalue weighted by molar-refractivity contribution is 0.908. The fourth-order valence-corrected chi connectivity index (χ4v) is 1.64. The molecule has 0 radical (unpaired) electrons. The molecule has 0 aromatic carbocycles. The topological polar surface area (TPSA) is 44.3 Å². The van der Waals surface area contributed by atoms with Gasteiger partial charge in [-0.15, -0.1) is 0 Å². The Morgan fingerprint density at radius 2 is 2.08 bits per heavy atom. The van der Waals surface area contributed by atoms with E-state index in [0.717, 1.165) is 24.0 Å². The first kappa shape index (κ1) is 8.10. The van der Waals surface area contributed by atoms with E-state index >= 15 is 0 Å². The van der Waals surface area contributed by atoms with Gasteiger partial charge in [0.05, 0.1) is 6.67 Å². The molecule has 5 nitrogen and oxygen atoms in total. The second kappa shape index (κ2) is 2.76. The minimum atomic E-state index is 0.864. The van der Waals surface area contributed by atoms with E-state index in [0.29, 0.717) is 0 Å². The first-order chi connectivity index (χ1) is 6.24. The molecule has 0 saturated heterocycles. The van der Waals surface area contributed by atoms with Gasteiger partial charge in [-0.05, 0) is 0 Å². The summed E-state index contributed by atoms with van der Waals surface area (Å²) in [5.41, 5.74) is 1.08. The van der Waals surface area contributed by atoms with Crippen LogP contribution in [0.2, 0.25) is 0 Å². The normalized spacial score (nSPS) is 14.7. The van der Waals surface area contributed by atoms with Gasteiger partial charge in [0.2, 0.25) is 0 Å². The second-order valence-corrected chi connectivity index (χ2v) is 3.18. The Morgan fingerprint density at radius 3 is 2.77 bits per heavy atom. The number of aromatic nitrogens is 2. The van der Waals surface area contributed by atoms with Gasteiger partial charge in [-0.1, -0.05) is 0 Å². The Bertz CT molecular complexity index is 324. The Kier molecular flexibility index (Phi) is 1.72. The highest BCUT2D eigenvalue weighted by molar-refractivity contribution is 5.81. The summed E-state index contributed by atoms with van der Waals surface area (Å²) in [5, 5.41) is 3.06. The molecule has 0 unspecified atom stereocenters. The lowest BCUT2D eigenvalue weighted by Gasteiger charge is -2.12. The molecular formula is C8H13N5. The van der Waals surface area contributed by atoms with Crippen LogP contribution in [0.4, 0.5) is 17.3 Å². The summed E-state index contributed by atoms with van der Waals surface area (Å²) in [7, 11) is 5.93. The van der Waals surface area contributed by atoms with Crippen LogP contribution < -0.4 is 15.1 Å². The number of fused-ring (bicyclic) bond motifs is 1. The molecule has 0 aliphatic carbocycles. The fourth-order valence-electron chi connectivity index (χ4n) is 1.64. The van der Waals surface area contributed by atoms with Crippen LogP contribution in [0.3, 0.4) is 0 Å². The van der Waals surface area contributed by atoms with Crippen molar-refractivity contribution in [1.82, 2.24) is 9.97 Å². The number of nitrogens with zero attached hydrogens (tertiary/aromatic N) is 4. The minimum Gasteiger partial charge on any atom is -0.371 e. The van der Waals surface area contributed by atoms with Gasteiger partial charge in [0.25, 0.3) is 0 Å². The van der Waals surface area contributed by atoms with Crippen molar-refractivity contribution in [3.8, 4) is 0 Å². The Labute approximate surface area is 77.4 Å². The Balaban J connectivity index is 2.55. The molecule has 0 spiro atoms. The highest BCUT2D eigenvalue weighted by Gasteiger charge is 2.24. The van der Waals surface area contributed by atoms with Gasteiger partial charge in [0.1, 0.15) is 12.0 Å². The molecule has 0 fully saturated rings. The van der Waals surface area contributed by atoms with Gasteiger partial charge in [-0.3, -0.25) is 0 Å². The van der Waals surface area contributed by atoms with Crippen molar-refractivity contribution < 1.29 is 0 Å². The maximum absolute atomic E-state index is 4.23. The Hall–Kier alpha value is -1.52. The van der Waals surface area contributed by atoms with Crippen molar-refractivity contribution in [3.05, 3.63) is 6.33 Å². The fraction of sp³-hybridized carbons (Fsp3) is 0.500. The van der Waals surface area contributed by atoms with Crippen LogP contribution in [0.25, 0.3) is 0 Å². The number of nitrogens with one attached hydrogen (secondary N) is 1. The van der Waals surface area contributed by atoms with Gasteiger partial charge >= 0.3 is 0 Å². The number of anilines is 3. The molecule has 1 aromatic rings. The Morgan fingerprint density at radius 1 is 1.31 bits per heavy atom. The van der Waals surface area contributed by atoms with Crippen LogP contribution in [0, 0.1) is 0 Å². The summed E-state index contributed by atoms with van der Waals surface area (Å²) >= 11 is 0. The van der Waals surface area contributed by atoms with Crippen LogP contribution in [-0.2, 0) is 0 Å². The van der Waals surface area contributed by atoms with E-state index in [2.05, 4.69) is 25.1 Å². The van der Waals surface area contributed by atoms with Crippen LogP contribution >= 0.6 is 0 Å². The van der Waals surface area contributed by atoms with Gasteiger partial charge in [0, 0.05) is 21.1 Å². The molecule has 5 heteroatoms. The lowest BCUT2D eigenvalue weighted by atomic mass is 10.4. The zero-order valence-electron chi connectivity index (χ0n) is 8.07. The zero-order valence-corrected chi connectivity index (χ0v) is 8.07. The summed E-state index contributed by atoms with van der Waals surface area (Å²) in [4.78, 5) is 12.6. The summed E-state index contributed by atoms with van der Waals surface area (Å²) in [6, 6.07) is 0. The van der Waals surface area contributed by atoms with Crippen molar-refractivity contribution in [1.29, 1.82) is 0 Å². The first-order valence-electron chi connectivity index (χ1n) is 4.19. The molecule has 0 saturated carbocycles. The predicted molar refractivity (Wildman–Crippen MR) is 53.3 cm³/mol. The second-order valence-electron chi connectivity index (χ2n) is 3.18. The standard InChI is InChI=1S/C8H13N5/c1-9-7-6-8(11-4-10-7)13(3)5-12(6)2/h4H,5H2,1-3H3,(H,9,10,11). The summed E-state index contributed by atoms with van der Waals surface area (Å²) < 4.78 is 0. The van der Waals surface area contributed by atoms with E-state index in [9.17, 15) is 0 Å². The predicted octanol–water partition coefficient (Wildman–Crippen LogP) is 0.362. The smallest absolute Gasteiger partial charge is 0.159 e. The van der Waals surface area contributed by atoms with Crippen LogP contribution in [0.5, 0.6) is 0 Å². The average Bonchev–Trinajstić information content (AvgIpc) is 2.43. The third-order valence-corrected chi connectivity index (χ3v) is 2.21. The van der Waals surface area contributed by atoms with Crippen molar-refractivity contribution in [2.45, 2.75) is 0 Å². The maximum Gasteiger partial charge on any atom is 0.159 e. The largest absolute Gasteiger partial charge is 0.371 e. The minimum absolute atomic E-state index is 0.864. The molecule has 2 heterocycles. The number of hydrogen-bond acceptors (Lipinski definition) is 5. The van der Waals surface area contributed by atoms with Crippen LogP contribution in [0.15, 0.2) is 6.33 Å². The summed E-state index contributed by atoms with van der Waals surface area (Å²) in [6.07, 6.45) is 1.58. The SMILES string of the molecule is CNc1ncnc2c1N(C)CN2C. The van der Waals surface area contributed by atoms with Gasteiger partial charge in [0.15, 0.2) is 11.6 Å². The maximum atomic E-state index is 4.23. The summed E-state index contributed by atoms with van der Waals surface area (Å²) in [5.74, 6) is 1.87. The van der Waals surface area contributed by atoms with Gasteiger partial charge in [-0.2, -0.15) is 0 Å². The molecular weight excluding hydrogens is 166 g/mol. The summed E-state index contributed by atoms with van der Waals surface area (Å²) in [6.45, 7) is 0.864. The lowest BCUT2D eigenvalue weighted by Crippen LogP contribution is -2.24. The molecule has 70 valence electrons. The first-order valence-corrected chi connectivity index (χ1v) is 4.19. The molecule has 0 amide bonds. The van der Waals surface area contributed by atoms with Gasteiger partial charge in [-0.25, -0.2) is 9.97 Å². The molecule has 1 N–H and O–H groups in total. The third kappa shape index (κ3) is 1.07. The van der Waals surface area contributed by atoms with Gasteiger partial charge < -0.3 is 15.1 Å². The number of rotatable bonds is 1. The van der Waals surface area contributed by atoms with Crippen molar-refractivity contribution in [2.75, 3.05) is 42.9 Å². The molecule has 0 atom stereocenters. The van der Waals surface area contributed by atoms with E-state index in [-0.39, 0.29) is 0 Å². The molecule has 2 rings (SSSR count). The molecule has 1 aliphatic heterocycles. The van der Waals surface area contributed by atoms with Crippen molar-refractivity contribution >= 4 is 17.3 Å². The highest BCUT2D eigenvalue weighted by Crippen LogP contribution is 2.36. The van der Waals surface area contributed by atoms with Crippen LogP contribution in [0.1, 0.15) is 0 Å². The monoisotopic (exact) mass is 179 g/mol. The van der Waals surface area contributed by atoms with E-state index in [1.807, 2.05) is 21.1 Å². The highest BCUT2D eigenvalue weighted by atomic mass is 15.4. The van der Waals surface area contributed by atoms with E-state index in [1.165, 1.54) is 0 Å². The molecule has 1 aromatic heterocycles. The molecule has 1 aliphatic rings. The van der Waals surface area contributed by atoms with Crippen LogP contribution in [-0.4, -0.2) is 37.8 Å². The number of hydrogen-bond donors (Lipinski definition) is 1.